The number of ether oxygens (including phenoxy) is 1. The molecular weight excluding hydrogens is 450 g/mol. The van der Waals surface area contributed by atoms with Gasteiger partial charge >= 0.3 is 5.69 Å². The highest BCUT2D eigenvalue weighted by Gasteiger charge is 2.20. The van der Waals surface area contributed by atoms with Crippen molar-refractivity contribution in [3.63, 3.8) is 0 Å². The van der Waals surface area contributed by atoms with Gasteiger partial charge in [0.05, 0.1) is 19.5 Å². The third kappa shape index (κ3) is 5.12. The zero-order valence-electron chi connectivity index (χ0n) is 19.4. The molecule has 0 aliphatic heterocycles. The second-order valence-electron chi connectivity index (χ2n) is 8.03. The number of ketones is 1. The van der Waals surface area contributed by atoms with Gasteiger partial charge in [0.15, 0.2) is 16.9 Å². The molecule has 0 radical (unpaired) electrons. The number of rotatable bonds is 9. The normalized spacial score (nSPS) is 11.0. The standard InChI is InChI=1S/C25H25N5O5/c1-17(31)19-8-10-20(11-9-19)27-21(32)15-30-24(33)22-23(26-16-28(22)12-13-35-2)29(25(30)34)14-18-6-4-3-5-7-18/h3-11,16H,12-15H2,1-2H3,(H,27,32). The number of anilines is 1. The Kier molecular flexibility index (Phi) is 7.02. The summed E-state index contributed by atoms with van der Waals surface area (Å²) in [6.45, 7) is 1.87. The lowest BCUT2D eigenvalue weighted by molar-refractivity contribution is -0.116. The van der Waals surface area contributed by atoms with E-state index in [-0.39, 0.29) is 23.5 Å². The van der Waals surface area contributed by atoms with E-state index in [9.17, 15) is 19.2 Å². The summed E-state index contributed by atoms with van der Waals surface area (Å²) in [5, 5.41) is 2.67. The Labute approximate surface area is 200 Å². The number of imidazole rings is 1. The SMILES string of the molecule is COCCn1cnc2c1c(=O)n(CC(=O)Nc1ccc(C(C)=O)cc1)c(=O)n2Cc1ccccc1. The van der Waals surface area contributed by atoms with Crippen molar-refractivity contribution in [2.24, 2.45) is 0 Å². The van der Waals surface area contributed by atoms with Crippen molar-refractivity contribution in [1.29, 1.82) is 0 Å². The highest BCUT2D eigenvalue weighted by Crippen LogP contribution is 2.12. The van der Waals surface area contributed by atoms with Crippen molar-refractivity contribution >= 4 is 28.5 Å². The van der Waals surface area contributed by atoms with E-state index in [0.29, 0.717) is 24.4 Å². The Balaban J connectivity index is 1.72. The summed E-state index contributed by atoms with van der Waals surface area (Å²) in [6, 6.07) is 15.7. The number of aromatic nitrogens is 4. The van der Waals surface area contributed by atoms with E-state index in [0.717, 1.165) is 10.1 Å². The number of methoxy groups -OCH3 is 1. The fourth-order valence-electron chi connectivity index (χ4n) is 3.78. The van der Waals surface area contributed by atoms with Crippen LogP contribution in [0.5, 0.6) is 0 Å². The molecule has 0 fully saturated rings. The number of Topliss-reactive ketones (excluding diaryl/α,β-unsaturated/α-hetero) is 1. The molecule has 2 aromatic heterocycles. The van der Waals surface area contributed by atoms with Crippen LogP contribution in [0, 0.1) is 0 Å². The number of carbonyl (C=O) groups is 2. The maximum absolute atomic E-state index is 13.4. The van der Waals surface area contributed by atoms with Gasteiger partial charge in [-0.15, -0.1) is 0 Å². The summed E-state index contributed by atoms with van der Waals surface area (Å²) >= 11 is 0. The van der Waals surface area contributed by atoms with E-state index in [4.69, 9.17) is 4.74 Å². The van der Waals surface area contributed by atoms with E-state index in [1.165, 1.54) is 17.8 Å². The largest absolute Gasteiger partial charge is 0.383 e. The van der Waals surface area contributed by atoms with Crippen LogP contribution in [0.3, 0.4) is 0 Å². The third-order valence-electron chi connectivity index (χ3n) is 5.58. The highest BCUT2D eigenvalue weighted by atomic mass is 16.5. The lowest BCUT2D eigenvalue weighted by atomic mass is 10.1. The van der Waals surface area contributed by atoms with Crippen LogP contribution in [0.15, 0.2) is 70.5 Å². The molecule has 0 saturated heterocycles. The first-order chi connectivity index (χ1) is 16.9. The van der Waals surface area contributed by atoms with Gasteiger partial charge in [-0.1, -0.05) is 30.3 Å². The summed E-state index contributed by atoms with van der Waals surface area (Å²) in [5.74, 6) is -0.639. The molecule has 35 heavy (non-hydrogen) atoms. The van der Waals surface area contributed by atoms with Crippen LogP contribution in [0.4, 0.5) is 5.69 Å². The van der Waals surface area contributed by atoms with E-state index in [2.05, 4.69) is 10.3 Å². The van der Waals surface area contributed by atoms with E-state index in [1.807, 2.05) is 30.3 Å². The van der Waals surface area contributed by atoms with Crippen LogP contribution in [-0.4, -0.2) is 44.1 Å². The van der Waals surface area contributed by atoms with Gasteiger partial charge in [-0.25, -0.2) is 14.3 Å². The third-order valence-corrected chi connectivity index (χ3v) is 5.58. The fraction of sp³-hybridized carbons (Fsp3) is 0.240. The summed E-state index contributed by atoms with van der Waals surface area (Å²) in [4.78, 5) is 55.3. The molecule has 2 aromatic carbocycles. The average Bonchev–Trinajstić information content (AvgIpc) is 3.28. The number of nitrogens with one attached hydrogen (secondary N) is 1. The molecule has 4 aromatic rings. The average molecular weight is 476 g/mol. The zero-order valence-corrected chi connectivity index (χ0v) is 19.4. The van der Waals surface area contributed by atoms with Crippen LogP contribution in [-0.2, 0) is 29.2 Å². The Hall–Kier alpha value is -4.31. The van der Waals surface area contributed by atoms with E-state index in [1.54, 1.807) is 35.9 Å². The lowest BCUT2D eigenvalue weighted by Crippen LogP contribution is -2.43. The van der Waals surface area contributed by atoms with Gasteiger partial charge in [0.25, 0.3) is 5.56 Å². The van der Waals surface area contributed by atoms with Gasteiger partial charge in [-0.3, -0.25) is 19.0 Å². The molecule has 180 valence electrons. The minimum atomic E-state index is -0.634. The molecule has 0 aliphatic carbocycles. The number of fused-ring (bicyclic) bond motifs is 1. The number of amides is 1. The quantitative estimate of drug-likeness (QED) is 0.370. The molecule has 4 rings (SSSR count). The van der Waals surface area contributed by atoms with Gasteiger partial charge in [0, 0.05) is 24.9 Å². The second kappa shape index (κ2) is 10.3. The fourth-order valence-corrected chi connectivity index (χ4v) is 3.78. The maximum atomic E-state index is 13.4. The van der Waals surface area contributed by atoms with Crippen molar-refractivity contribution < 1.29 is 14.3 Å². The van der Waals surface area contributed by atoms with Gasteiger partial charge < -0.3 is 14.6 Å². The summed E-state index contributed by atoms with van der Waals surface area (Å²) in [5.41, 5.74) is 1.03. The number of hydrogen-bond donors (Lipinski definition) is 1. The highest BCUT2D eigenvalue weighted by molar-refractivity contribution is 5.95. The molecule has 10 nitrogen and oxygen atoms in total. The van der Waals surface area contributed by atoms with E-state index >= 15 is 0 Å². The molecular formula is C25H25N5O5. The molecule has 0 aliphatic rings. The molecule has 0 bridgehead atoms. The number of nitrogens with zero attached hydrogens (tertiary/aromatic N) is 4. The van der Waals surface area contributed by atoms with Crippen molar-refractivity contribution in [3.8, 4) is 0 Å². The topological polar surface area (TPSA) is 117 Å². The van der Waals surface area contributed by atoms with Gasteiger partial charge in [0.2, 0.25) is 5.91 Å². The van der Waals surface area contributed by atoms with Crippen LogP contribution >= 0.6 is 0 Å². The number of hydrogen-bond acceptors (Lipinski definition) is 6. The summed E-state index contributed by atoms with van der Waals surface area (Å²) in [6.07, 6.45) is 1.49. The smallest absolute Gasteiger partial charge is 0.333 e. The Morgan fingerprint density at radius 2 is 1.71 bits per heavy atom. The first-order valence-electron chi connectivity index (χ1n) is 11.0. The Morgan fingerprint density at radius 1 is 1.00 bits per heavy atom. The molecule has 1 amide bonds. The zero-order chi connectivity index (χ0) is 24.9. The molecule has 0 atom stereocenters. The van der Waals surface area contributed by atoms with Crippen LogP contribution in [0.2, 0.25) is 0 Å². The second-order valence-corrected chi connectivity index (χ2v) is 8.03. The van der Waals surface area contributed by atoms with Crippen LogP contribution < -0.4 is 16.6 Å². The van der Waals surface area contributed by atoms with Crippen molar-refractivity contribution in [2.45, 2.75) is 26.6 Å². The summed E-state index contributed by atoms with van der Waals surface area (Å²) in [7, 11) is 1.55. The molecule has 0 unspecified atom stereocenters. The predicted molar refractivity (Wildman–Crippen MR) is 131 cm³/mol. The Bertz CT molecular complexity index is 1480. The summed E-state index contributed by atoms with van der Waals surface area (Å²) < 4.78 is 9.05. The monoisotopic (exact) mass is 475 g/mol. The number of benzene rings is 2. The molecule has 10 heteroatoms. The minimum absolute atomic E-state index is 0.0909. The molecule has 0 saturated carbocycles. The Morgan fingerprint density at radius 3 is 2.37 bits per heavy atom. The van der Waals surface area contributed by atoms with Gasteiger partial charge in [0.1, 0.15) is 6.54 Å². The van der Waals surface area contributed by atoms with Crippen LogP contribution in [0.25, 0.3) is 11.2 Å². The first kappa shape index (κ1) is 23.8. The van der Waals surface area contributed by atoms with Gasteiger partial charge in [-0.05, 0) is 36.8 Å². The minimum Gasteiger partial charge on any atom is -0.383 e. The lowest BCUT2D eigenvalue weighted by Gasteiger charge is -2.13. The predicted octanol–water partition coefficient (Wildman–Crippen LogP) is 1.90. The first-order valence-corrected chi connectivity index (χ1v) is 11.0. The molecule has 1 N–H and O–H groups in total. The maximum Gasteiger partial charge on any atom is 0.333 e. The van der Waals surface area contributed by atoms with E-state index < -0.39 is 23.7 Å². The molecule has 0 spiro atoms. The number of carbonyl (C=O) groups excluding carboxylic acids is 2. The van der Waals surface area contributed by atoms with Crippen molar-refractivity contribution in [2.75, 3.05) is 19.0 Å². The van der Waals surface area contributed by atoms with Crippen molar-refractivity contribution in [3.05, 3.63) is 92.9 Å². The van der Waals surface area contributed by atoms with Crippen molar-refractivity contribution in [1.82, 2.24) is 18.7 Å². The molecule has 2 heterocycles. The van der Waals surface area contributed by atoms with Gasteiger partial charge in [-0.2, -0.15) is 0 Å². The van der Waals surface area contributed by atoms with Crippen LogP contribution in [0.1, 0.15) is 22.8 Å².